The number of hydrogen-bond acceptors (Lipinski definition) is 3. The fourth-order valence-corrected chi connectivity index (χ4v) is 1.20. The minimum Gasteiger partial charge on any atom is -0.285 e. The summed E-state index contributed by atoms with van der Waals surface area (Å²) in [5, 5.41) is 3.94. The monoisotopic (exact) mass is 161 g/mol. The molecule has 0 saturated heterocycles. The number of hydrogen-bond donors (Lipinski definition) is 1. The third-order valence-corrected chi connectivity index (χ3v) is 1.80. The lowest BCUT2D eigenvalue weighted by Gasteiger charge is -2.26. The predicted octanol–water partition coefficient (Wildman–Crippen LogP) is 1.33. The maximum atomic E-state index is 3.10. The Hall–Kier alpha value is -1.64. The molecule has 3 heteroatoms. The Morgan fingerprint density at radius 2 is 1.92 bits per heavy atom. The molecule has 3 nitrogen and oxygen atoms in total. The molecule has 0 radical (unpaired) electrons. The minimum absolute atomic E-state index is 1.13. The van der Waals surface area contributed by atoms with Gasteiger partial charge in [0.15, 0.2) is 0 Å². The smallest absolute Gasteiger partial charge is 0.0813 e. The molecule has 12 heavy (non-hydrogen) atoms. The van der Waals surface area contributed by atoms with Crippen LogP contribution in [0.1, 0.15) is 0 Å². The molecule has 1 N–H and O–H groups in total. The van der Waals surface area contributed by atoms with E-state index in [0.29, 0.717) is 0 Å². The van der Waals surface area contributed by atoms with E-state index in [0.717, 1.165) is 5.69 Å². The first-order valence-corrected chi connectivity index (χ1v) is 3.89. The molecule has 0 aliphatic carbocycles. The molecule has 1 aliphatic heterocycles. The number of rotatable bonds is 1. The summed E-state index contributed by atoms with van der Waals surface area (Å²) in [5.41, 5.74) is 4.23. The number of benzene rings is 1. The number of hydrazine groups is 2. The van der Waals surface area contributed by atoms with Gasteiger partial charge in [-0.15, -0.1) is 0 Å². The van der Waals surface area contributed by atoms with E-state index in [9.17, 15) is 0 Å². The zero-order valence-corrected chi connectivity index (χ0v) is 6.94. The summed E-state index contributed by atoms with van der Waals surface area (Å²) < 4.78 is 0. The highest BCUT2D eigenvalue weighted by atomic mass is 15.8. The van der Waals surface area contributed by atoms with E-state index >= 15 is 0 Å². The molecule has 1 heterocycles. The van der Waals surface area contributed by atoms with Crippen molar-refractivity contribution in [2.75, 3.05) is 12.2 Å². The van der Waals surface area contributed by atoms with Crippen LogP contribution in [0.25, 0.3) is 0 Å². The summed E-state index contributed by atoms with van der Waals surface area (Å²) in [5.74, 6) is 0. The van der Waals surface area contributed by atoms with Gasteiger partial charge in [0.1, 0.15) is 0 Å². The Morgan fingerprint density at radius 1 is 1.17 bits per heavy atom. The van der Waals surface area contributed by atoms with Crippen molar-refractivity contribution in [3.05, 3.63) is 42.7 Å². The summed E-state index contributed by atoms with van der Waals surface area (Å²) in [6.07, 6.45) is 3.86. The van der Waals surface area contributed by atoms with Crippen LogP contribution in [-0.4, -0.2) is 12.1 Å². The van der Waals surface area contributed by atoms with Gasteiger partial charge in [-0.1, -0.05) is 18.2 Å². The van der Waals surface area contributed by atoms with Crippen molar-refractivity contribution < 1.29 is 0 Å². The molecule has 0 unspecified atom stereocenters. The van der Waals surface area contributed by atoms with E-state index in [4.69, 9.17) is 0 Å². The molecular weight excluding hydrogens is 150 g/mol. The number of anilines is 1. The normalized spacial score (nSPS) is 15.1. The molecule has 1 aliphatic rings. The second-order valence-electron chi connectivity index (χ2n) is 2.67. The van der Waals surface area contributed by atoms with E-state index < -0.39 is 0 Å². The van der Waals surface area contributed by atoms with Crippen LogP contribution in [-0.2, 0) is 0 Å². The zero-order valence-electron chi connectivity index (χ0n) is 6.94. The Kier molecular flexibility index (Phi) is 1.63. The average molecular weight is 161 g/mol. The van der Waals surface area contributed by atoms with Gasteiger partial charge >= 0.3 is 0 Å². The van der Waals surface area contributed by atoms with E-state index in [1.165, 1.54) is 0 Å². The fraction of sp³-hybridized carbons (Fsp3) is 0.111. The maximum absolute atomic E-state index is 3.10. The van der Waals surface area contributed by atoms with Crippen molar-refractivity contribution in [2.24, 2.45) is 0 Å². The van der Waals surface area contributed by atoms with Gasteiger partial charge in [-0.3, -0.25) is 10.4 Å². The van der Waals surface area contributed by atoms with Gasteiger partial charge in [0, 0.05) is 19.4 Å². The molecule has 1 aromatic carbocycles. The molecule has 1 aromatic rings. The molecule has 0 fully saturated rings. The summed E-state index contributed by atoms with van der Waals surface area (Å²) in [4.78, 5) is 0. The maximum Gasteiger partial charge on any atom is 0.0813 e. The SMILES string of the molecule is CN1C=CNN1c1ccccc1. The molecule has 0 saturated carbocycles. The van der Waals surface area contributed by atoms with Crippen molar-refractivity contribution in [1.82, 2.24) is 10.4 Å². The van der Waals surface area contributed by atoms with Crippen LogP contribution in [0.3, 0.4) is 0 Å². The molecule has 2 rings (SSSR count). The van der Waals surface area contributed by atoms with E-state index in [2.05, 4.69) is 17.6 Å². The molecular formula is C9H11N3. The highest BCUT2D eigenvalue weighted by molar-refractivity contribution is 5.45. The number of nitrogens with one attached hydrogen (secondary N) is 1. The second kappa shape index (κ2) is 2.77. The van der Waals surface area contributed by atoms with Crippen molar-refractivity contribution in [3.8, 4) is 0 Å². The predicted molar refractivity (Wildman–Crippen MR) is 49.0 cm³/mol. The van der Waals surface area contributed by atoms with Crippen LogP contribution in [0.5, 0.6) is 0 Å². The molecule has 0 aromatic heterocycles. The van der Waals surface area contributed by atoms with Gasteiger partial charge in [-0.25, -0.2) is 0 Å². The first-order valence-electron chi connectivity index (χ1n) is 3.89. The molecule has 62 valence electrons. The summed E-state index contributed by atoms with van der Waals surface area (Å²) >= 11 is 0. The van der Waals surface area contributed by atoms with Gasteiger partial charge in [0.25, 0.3) is 0 Å². The Bertz CT molecular complexity index is 281. The first kappa shape index (κ1) is 7.03. The van der Waals surface area contributed by atoms with E-state index in [1.807, 2.05) is 47.8 Å². The highest BCUT2D eigenvalue weighted by Crippen LogP contribution is 2.14. The van der Waals surface area contributed by atoms with Crippen molar-refractivity contribution >= 4 is 5.69 Å². The molecule has 0 amide bonds. The van der Waals surface area contributed by atoms with Crippen LogP contribution in [0, 0.1) is 0 Å². The van der Waals surface area contributed by atoms with Crippen molar-refractivity contribution in [3.63, 3.8) is 0 Å². The van der Waals surface area contributed by atoms with Gasteiger partial charge in [0.05, 0.1) is 5.69 Å². The Morgan fingerprint density at radius 3 is 2.50 bits per heavy atom. The van der Waals surface area contributed by atoms with Crippen LogP contribution >= 0.6 is 0 Å². The van der Waals surface area contributed by atoms with E-state index in [-0.39, 0.29) is 0 Å². The largest absolute Gasteiger partial charge is 0.285 e. The van der Waals surface area contributed by atoms with Gasteiger partial charge in [-0.2, -0.15) is 5.12 Å². The quantitative estimate of drug-likeness (QED) is 0.670. The zero-order chi connectivity index (χ0) is 8.39. The number of para-hydroxylation sites is 1. The molecule has 0 atom stereocenters. The lowest BCUT2D eigenvalue weighted by atomic mass is 10.3. The minimum atomic E-state index is 1.13. The van der Waals surface area contributed by atoms with Crippen LogP contribution < -0.4 is 10.5 Å². The van der Waals surface area contributed by atoms with Crippen LogP contribution in [0.2, 0.25) is 0 Å². The van der Waals surface area contributed by atoms with Gasteiger partial charge < -0.3 is 0 Å². The Balaban J connectivity index is 2.22. The highest BCUT2D eigenvalue weighted by Gasteiger charge is 2.10. The van der Waals surface area contributed by atoms with Crippen molar-refractivity contribution in [1.29, 1.82) is 0 Å². The van der Waals surface area contributed by atoms with Crippen LogP contribution in [0.15, 0.2) is 42.7 Å². The average Bonchev–Trinajstić information content (AvgIpc) is 2.53. The summed E-state index contributed by atoms with van der Waals surface area (Å²) in [6, 6.07) is 10.1. The second-order valence-corrected chi connectivity index (χ2v) is 2.67. The van der Waals surface area contributed by atoms with Gasteiger partial charge in [0.2, 0.25) is 0 Å². The fourth-order valence-electron chi connectivity index (χ4n) is 1.20. The lowest BCUT2D eigenvalue weighted by Crippen LogP contribution is -2.39. The standard InChI is InChI=1S/C9H11N3/c1-11-8-7-10-12(11)9-5-3-2-4-6-9/h2-8,10H,1H3. The molecule has 0 spiro atoms. The van der Waals surface area contributed by atoms with E-state index in [1.54, 1.807) is 0 Å². The first-order chi connectivity index (χ1) is 5.88. The van der Waals surface area contributed by atoms with Crippen LogP contribution in [0.4, 0.5) is 5.69 Å². The lowest BCUT2D eigenvalue weighted by molar-refractivity contribution is 0.418. The number of nitrogens with zero attached hydrogens (tertiary/aromatic N) is 2. The molecule has 0 bridgehead atoms. The third-order valence-electron chi connectivity index (χ3n) is 1.80. The Labute approximate surface area is 71.8 Å². The van der Waals surface area contributed by atoms with Crippen molar-refractivity contribution in [2.45, 2.75) is 0 Å². The topological polar surface area (TPSA) is 18.5 Å². The third kappa shape index (κ3) is 1.09. The van der Waals surface area contributed by atoms with Gasteiger partial charge in [-0.05, 0) is 12.1 Å². The summed E-state index contributed by atoms with van der Waals surface area (Å²) in [7, 11) is 1.99. The summed E-state index contributed by atoms with van der Waals surface area (Å²) in [6.45, 7) is 0.